The molecule has 168 valence electrons. The Balaban J connectivity index is 1.57. The number of amides is 1. The molecule has 0 heterocycles. The lowest BCUT2D eigenvalue weighted by Crippen LogP contribution is -2.31. The molecule has 0 spiro atoms. The number of nitrogens with one attached hydrogen (secondary N) is 2. The number of halogens is 1. The van der Waals surface area contributed by atoms with E-state index in [-0.39, 0.29) is 29.3 Å². The molecule has 0 aliphatic rings. The molecule has 0 aliphatic carbocycles. The summed E-state index contributed by atoms with van der Waals surface area (Å²) in [6, 6.07) is 16.9. The molecule has 3 rings (SSSR count). The van der Waals surface area contributed by atoms with Crippen molar-refractivity contribution < 1.29 is 22.3 Å². The summed E-state index contributed by atoms with van der Waals surface area (Å²) in [5.74, 6) is -0.333. The van der Waals surface area contributed by atoms with Gasteiger partial charge in [-0.3, -0.25) is 9.52 Å². The van der Waals surface area contributed by atoms with Gasteiger partial charge in [0.05, 0.1) is 16.6 Å². The van der Waals surface area contributed by atoms with Crippen LogP contribution in [0.25, 0.3) is 0 Å². The van der Waals surface area contributed by atoms with Crippen molar-refractivity contribution in [3.05, 3.63) is 89.2 Å². The highest BCUT2D eigenvalue weighted by atomic mass is 32.2. The molecule has 0 saturated heterocycles. The van der Waals surface area contributed by atoms with Crippen LogP contribution in [0.4, 0.5) is 10.1 Å². The van der Waals surface area contributed by atoms with Crippen LogP contribution < -0.4 is 14.8 Å². The topological polar surface area (TPSA) is 84.5 Å². The fourth-order valence-corrected chi connectivity index (χ4v) is 4.15. The second-order valence-electron chi connectivity index (χ2n) is 7.52. The number of ether oxygens (including phenoxy) is 1. The highest BCUT2D eigenvalue weighted by Crippen LogP contribution is 2.22. The van der Waals surface area contributed by atoms with Crippen LogP contribution in [-0.4, -0.2) is 20.9 Å². The third kappa shape index (κ3) is 6.07. The van der Waals surface area contributed by atoms with Gasteiger partial charge in [-0.05, 0) is 79.9 Å². The second kappa shape index (κ2) is 9.82. The lowest BCUT2D eigenvalue weighted by molar-refractivity contribution is -0.123. The fourth-order valence-electron chi connectivity index (χ4n) is 3.03. The van der Waals surface area contributed by atoms with Crippen molar-refractivity contribution in [3.63, 3.8) is 0 Å². The van der Waals surface area contributed by atoms with E-state index in [1.165, 1.54) is 36.4 Å². The van der Waals surface area contributed by atoms with Crippen LogP contribution in [0.1, 0.15) is 29.7 Å². The third-order valence-electron chi connectivity index (χ3n) is 4.89. The summed E-state index contributed by atoms with van der Waals surface area (Å²) in [6.07, 6.45) is 0. The number of carbonyl (C=O) groups is 1. The Bertz CT molecular complexity index is 1190. The van der Waals surface area contributed by atoms with Crippen LogP contribution in [0, 0.1) is 19.7 Å². The van der Waals surface area contributed by atoms with Gasteiger partial charge in [0.15, 0.2) is 6.61 Å². The number of rotatable bonds is 8. The molecule has 1 atom stereocenters. The van der Waals surface area contributed by atoms with Gasteiger partial charge in [-0.1, -0.05) is 24.3 Å². The predicted molar refractivity (Wildman–Crippen MR) is 122 cm³/mol. The van der Waals surface area contributed by atoms with E-state index in [4.69, 9.17) is 4.74 Å². The average Bonchev–Trinajstić information content (AvgIpc) is 2.75. The van der Waals surface area contributed by atoms with Crippen LogP contribution in [-0.2, 0) is 14.8 Å². The number of aryl methyl sites for hydroxylation is 2. The SMILES string of the molecule is Cc1ccc(C)c(NS(=O)(=O)c2ccc(OCC(=O)N[C@H](C)c3ccc(F)cc3)cc2)c1. The van der Waals surface area contributed by atoms with Gasteiger partial charge in [-0.2, -0.15) is 0 Å². The Morgan fingerprint density at radius 1 is 1.00 bits per heavy atom. The first-order valence-electron chi connectivity index (χ1n) is 10.0. The molecular formula is C24H25FN2O4S. The number of hydrogen-bond acceptors (Lipinski definition) is 4. The van der Waals surface area contributed by atoms with E-state index in [1.807, 2.05) is 26.0 Å². The van der Waals surface area contributed by atoms with Crippen molar-refractivity contribution in [2.45, 2.75) is 31.7 Å². The van der Waals surface area contributed by atoms with Gasteiger partial charge in [-0.25, -0.2) is 12.8 Å². The van der Waals surface area contributed by atoms with Crippen molar-refractivity contribution in [1.82, 2.24) is 5.32 Å². The lowest BCUT2D eigenvalue weighted by Gasteiger charge is -2.15. The zero-order valence-electron chi connectivity index (χ0n) is 18.1. The average molecular weight is 457 g/mol. The second-order valence-corrected chi connectivity index (χ2v) is 9.21. The first-order valence-corrected chi connectivity index (χ1v) is 11.5. The maximum atomic E-state index is 13.0. The van der Waals surface area contributed by atoms with Gasteiger partial charge in [0.25, 0.3) is 15.9 Å². The molecule has 0 aromatic heterocycles. The molecule has 8 heteroatoms. The Morgan fingerprint density at radius 2 is 1.66 bits per heavy atom. The first-order chi connectivity index (χ1) is 15.1. The minimum Gasteiger partial charge on any atom is -0.484 e. The summed E-state index contributed by atoms with van der Waals surface area (Å²) in [5, 5.41) is 2.77. The number of carbonyl (C=O) groups excluding carboxylic acids is 1. The van der Waals surface area contributed by atoms with Crippen molar-refractivity contribution in [3.8, 4) is 5.75 Å². The normalized spacial score (nSPS) is 12.1. The molecule has 3 aromatic carbocycles. The zero-order valence-corrected chi connectivity index (χ0v) is 18.9. The Morgan fingerprint density at radius 3 is 2.31 bits per heavy atom. The maximum absolute atomic E-state index is 13.0. The van der Waals surface area contributed by atoms with Crippen LogP contribution in [0.3, 0.4) is 0 Å². The standard InChI is InChI=1S/C24H25FN2O4S/c1-16-4-5-17(2)23(14-16)27-32(29,30)22-12-10-21(11-13-22)31-15-24(28)26-18(3)19-6-8-20(25)9-7-19/h4-14,18,27H,15H2,1-3H3,(H,26,28)/t18-/m1/s1. The smallest absolute Gasteiger partial charge is 0.261 e. The molecule has 0 aliphatic heterocycles. The molecule has 0 saturated carbocycles. The van der Waals surface area contributed by atoms with Crippen LogP contribution in [0.5, 0.6) is 5.75 Å². The van der Waals surface area contributed by atoms with Crippen molar-refractivity contribution in [2.24, 2.45) is 0 Å². The van der Waals surface area contributed by atoms with E-state index in [1.54, 1.807) is 25.1 Å². The first kappa shape index (κ1) is 23.3. The summed E-state index contributed by atoms with van der Waals surface area (Å²) in [5.41, 5.74) is 3.06. The number of benzene rings is 3. The summed E-state index contributed by atoms with van der Waals surface area (Å²) in [7, 11) is -3.76. The summed E-state index contributed by atoms with van der Waals surface area (Å²) in [4.78, 5) is 12.2. The Hall–Kier alpha value is -3.39. The largest absolute Gasteiger partial charge is 0.484 e. The molecule has 32 heavy (non-hydrogen) atoms. The van der Waals surface area contributed by atoms with Crippen LogP contribution in [0.2, 0.25) is 0 Å². The van der Waals surface area contributed by atoms with E-state index < -0.39 is 10.0 Å². The predicted octanol–water partition coefficient (Wildman–Crippen LogP) is 4.50. The molecule has 6 nitrogen and oxygen atoms in total. The van der Waals surface area contributed by atoms with Gasteiger partial charge in [0.1, 0.15) is 11.6 Å². The van der Waals surface area contributed by atoms with Crippen LogP contribution >= 0.6 is 0 Å². The minimum atomic E-state index is -3.76. The van der Waals surface area contributed by atoms with E-state index in [0.29, 0.717) is 11.4 Å². The van der Waals surface area contributed by atoms with E-state index in [2.05, 4.69) is 10.0 Å². The summed E-state index contributed by atoms with van der Waals surface area (Å²) >= 11 is 0. The fraction of sp³-hybridized carbons (Fsp3) is 0.208. The number of anilines is 1. The van der Waals surface area contributed by atoms with E-state index in [9.17, 15) is 17.6 Å². The van der Waals surface area contributed by atoms with Gasteiger partial charge >= 0.3 is 0 Å². The highest BCUT2D eigenvalue weighted by Gasteiger charge is 2.16. The van der Waals surface area contributed by atoms with Gasteiger partial charge in [0.2, 0.25) is 0 Å². The highest BCUT2D eigenvalue weighted by molar-refractivity contribution is 7.92. The maximum Gasteiger partial charge on any atom is 0.261 e. The van der Waals surface area contributed by atoms with Gasteiger partial charge < -0.3 is 10.1 Å². The van der Waals surface area contributed by atoms with Gasteiger partial charge in [-0.15, -0.1) is 0 Å². The van der Waals surface area contributed by atoms with Crippen LogP contribution in [0.15, 0.2) is 71.6 Å². The van der Waals surface area contributed by atoms with E-state index >= 15 is 0 Å². The number of sulfonamides is 1. The molecule has 0 bridgehead atoms. The minimum absolute atomic E-state index is 0.0835. The van der Waals surface area contributed by atoms with Gasteiger partial charge in [0, 0.05) is 0 Å². The Labute approximate surface area is 187 Å². The van der Waals surface area contributed by atoms with Crippen molar-refractivity contribution in [1.29, 1.82) is 0 Å². The van der Waals surface area contributed by atoms with E-state index in [0.717, 1.165) is 16.7 Å². The lowest BCUT2D eigenvalue weighted by atomic mass is 10.1. The third-order valence-corrected chi connectivity index (χ3v) is 6.27. The van der Waals surface area contributed by atoms with Crippen molar-refractivity contribution >= 4 is 21.6 Å². The molecule has 2 N–H and O–H groups in total. The molecule has 0 radical (unpaired) electrons. The molecule has 0 fully saturated rings. The summed E-state index contributed by atoms with van der Waals surface area (Å²) < 4.78 is 46.4. The zero-order chi connectivity index (χ0) is 23.3. The molecule has 0 unspecified atom stereocenters. The molecule has 3 aromatic rings. The quantitative estimate of drug-likeness (QED) is 0.523. The molecule has 1 amide bonds. The molecular weight excluding hydrogens is 431 g/mol. The summed E-state index contributed by atoms with van der Waals surface area (Å²) in [6.45, 7) is 5.27. The van der Waals surface area contributed by atoms with Crippen molar-refractivity contribution in [2.75, 3.05) is 11.3 Å². The monoisotopic (exact) mass is 456 g/mol. The number of hydrogen-bond donors (Lipinski definition) is 2. The Kier molecular flexibility index (Phi) is 7.15.